The summed E-state index contributed by atoms with van der Waals surface area (Å²) in [6.07, 6.45) is 1.36. The van der Waals surface area contributed by atoms with Crippen molar-refractivity contribution in [2.75, 3.05) is 17.7 Å². The largest absolute Gasteiger partial charge is 0.396 e. The van der Waals surface area contributed by atoms with Crippen LogP contribution in [0.25, 0.3) is 0 Å². The number of aryl methyl sites for hydroxylation is 1. The molecule has 1 aliphatic heterocycles. The Morgan fingerprint density at radius 1 is 1.39 bits per heavy atom. The van der Waals surface area contributed by atoms with E-state index in [2.05, 4.69) is 5.32 Å². The van der Waals surface area contributed by atoms with Crippen LogP contribution in [0.3, 0.4) is 0 Å². The maximum absolute atomic E-state index is 11.8. The number of sulfone groups is 1. The zero-order valence-electron chi connectivity index (χ0n) is 9.85. The van der Waals surface area contributed by atoms with Gasteiger partial charge in [0.05, 0.1) is 23.7 Å². The fraction of sp³-hybridized carbons (Fsp3) is 0.417. The molecule has 18 heavy (non-hydrogen) atoms. The monoisotopic (exact) mass is 269 g/mol. The van der Waals surface area contributed by atoms with Gasteiger partial charge >= 0.3 is 0 Å². The normalized spacial score (nSPS) is 16.9. The summed E-state index contributed by atoms with van der Waals surface area (Å²) in [6.45, 7) is -0.203. The molecule has 0 saturated heterocycles. The van der Waals surface area contributed by atoms with Gasteiger partial charge in [-0.1, -0.05) is 0 Å². The van der Waals surface area contributed by atoms with Crippen molar-refractivity contribution in [3.05, 3.63) is 23.8 Å². The van der Waals surface area contributed by atoms with E-state index >= 15 is 0 Å². The smallest absolute Gasteiger partial charge is 0.226 e. The van der Waals surface area contributed by atoms with Crippen molar-refractivity contribution in [3.8, 4) is 0 Å². The van der Waals surface area contributed by atoms with Crippen molar-refractivity contribution in [2.45, 2.75) is 24.2 Å². The first-order valence-electron chi connectivity index (χ1n) is 5.79. The standard InChI is InChI=1S/C12H15NO4S/c14-6-5-12(15)13-10-3-4-11-9(8-10)2-1-7-18(11,16)17/h3-4,8,14H,1-2,5-7H2,(H,13,15). The van der Waals surface area contributed by atoms with Gasteiger partial charge in [-0.2, -0.15) is 0 Å². The molecule has 0 radical (unpaired) electrons. The molecule has 0 spiro atoms. The second kappa shape index (κ2) is 5.07. The molecule has 1 heterocycles. The molecule has 6 heteroatoms. The number of benzene rings is 1. The number of fused-ring (bicyclic) bond motifs is 1. The Balaban J connectivity index is 2.25. The summed E-state index contributed by atoms with van der Waals surface area (Å²) < 4.78 is 23.6. The van der Waals surface area contributed by atoms with Gasteiger partial charge in [-0.05, 0) is 36.6 Å². The van der Waals surface area contributed by atoms with E-state index in [1.165, 1.54) is 0 Å². The van der Waals surface area contributed by atoms with E-state index in [0.29, 0.717) is 23.4 Å². The van der Waals surface area contributed by atoms with Crippen LogP contribution in [-0.4, -0.2) is 31.8 Å². The molecule has 98 valence electrons. The van der Waals surface area contributed by atoms with Crippen LogP contribution in [0.1, 0.15) is 18.4 Å². The average molecular weight is 269 g/mol. The molecular weight excluding hydrogens is 254 g/mol. The molecule has 2 N–H and O–H groups in total. The van der Waals surface area contributed by atoms with E-state index in [0.717, 1.165) is 5.56 Å². The highest BCUT2D eigenvalue weighted by atomic mass is 32.2. The highest BCUT2D eigenvalue weighted by Crippen LogP contribution is 2.27. The quantitative estimate of drug-likeness (QED) is 0.847. The van der Waals surface area contributed by atoms with E-state index in [1.807, 2.05) is 0 Å². The van der Waals surface area contributed by atoms with Crippen molar-refractivity contribution >= 4 is 21.4 Å². The number of aliphatic hydroxyl groups excluding tert-OH is 1. The molecule has 1 aromatic carbocycles. The van der Waals surface area contributed by atoms with Gasteiger partial charge in [0.25, 0.3) is 0 Å². The number of hydrogen-bond acceptors (Lipinski definition) is 4. The van der Waals surface area contributed by atoms with Crippen LogP contribution in [0.5, 0.6) is 0 Å². The Kier molecular flexibility index (Phi) is 3.68. The molecule has 0 saturated carbocycles. The van der Waals surface area contributed by atoms with Crippen molar-refractivity contribution in [1.29, 1.82) is 0 Å². The van der Waals surface area contributed by atoms with Gasteiger partial charge in [0.2, 0.25) is 5.91 Å². The van der Waals surface area contributed by atoms with Gasteiger partial charge < -0.3 is 10.4 Å². The van der Waals surface area contributed by atoms with Gasteiger partial charge in [-0.3, -0.25) is 4.79 Å². The summed E-state index contributed by atoms with van der Waals surface area (Å²) in [5.74, 6) is -0.0907. The van der Waals surface area contributed by atoms with Crippen molar-refractivity contribution in [2.24, 2.45) is 0 Å². The number of carbonyl (C=O) groups excluding carboxylic acids is 1. The topological polar surface area (TPSA) is 83.5 Å². The number of anilines is 1. The minimum atomic E-state index is -3.15. The molecule has 5 nitrogen and oxygen atoms in total. The molecule has 0 unspecified atom stereocenters. The number of hydrogen-bond donors (Lipinski definition) is 2. The predicted molar refractivity (Wildman–Crippen MR) is 67.1 cm³/mol. The van der Waals surface area contributed by atoms with Crippen LogP contribution in [0.15, 0.2) is 23.1 Å². The number of aliphatic hydroxyl groups is 1. The van der Waals surface area contributed by atoms with Gasteiger partial charge in [0.15, 0.2) is 9.84 Å². The molecule has 1 aliphatic rings. The average Bonchev–Trinajstić information content (AvgIpc) is 2.28. The van der Waals surface area contributed by atoms with Crippen LogP contribution >= 0.6 is 0 Å². The van der Waals surface area contributed by atoms with Crippen molar-refractivity contribution < 1.29 is 18.3 Å². The molecule has 1 amide bonds. The number of carbonyl (C=O) groups is 1. The highest BCUT2D eigenvalue weighted by molar-refractivity contribution is 7.91. The van der Waals surface area contributed by atoms with Gasteiger partial charge in [0.1, 0.15) is 0 Å². The summed E-state index contributed by atoms with van der Waals surface area (Å²) >= 11 is 0. The number of rotatable bonds is 3. The Labute approximate surface area is 106 Å². The second-order valence-electron chi connectivity index (χ2n) is 4.27. The maximum Gasteiger partial charge on any atom is 0.226 e. The SMILES string of the molecule is O=C(CCO)Nc1ccc2c(c1)CCCS2(=O)=O. The maximum atomic E-state index is 11.8. The van der Waals surface area contributed by atoms with E-state index in [1.54, 1.807) is 18.2 Å². The third kappa shape index (κ3) is 2.70. The van der Waals surface area contributed by atoms with Crippen LogP contribution < -0.4 is 5.32 Å². The molecule has 0 fully saturated rings. The minimum Gasteiger partial charge on any atom is -0.396 e. The van der Waals surface area contributed by atoms with Crippen molar-refractivity contribution in [1.82, 2.24) is 0 Å². The first kappa shape index (κ1) is 13.0. The third-order valence-corrected chi connectivity index (χ3v) is 4.77. The number of nitrogens with one attached hydrogen (secondary N) is 1. The van der Waals surface area contributed by atoms with Crippen LogP contribution in [-0.2, 0) is 21.1 Å². The van der Waals surface area contributed by atoms with E-state index in [4.69, 9.17) is 5.11 Å². The fourth-order valence-corrected chi connectivity index (χ4v) is 3.62. The van der Waals surface area contributed by atoms with E-state index < -0.39 is 9.84 Å². The predicted octanol–water partition coefficient (Wildman–Crippen LogP) is 0.727. The van der Waals surface area contributed by atoms with Gasteiger partial charge in [-0.25, -0.2) is 8.42 Å². The first-order valence-corrected chi connectivity index (χ1v) is 7.44. The lowest BCUT2D eigenvalue weighted by Crippen LogP contribution is -2.17. The fourth-order valence-electron chi connectivity index (χ4n) is 2.04. The van der Waals surface area contributed by atoms with Crippen LogP contribution in [0, 0.1) is 0 Å². The second-order valence-corrected chi connectivity index (χ2v) is 6.34. The lowest BCUT2D eigenvalue weighted by molar-refractivity contribution is -0.116. The number of amides is 1. The molecular formula is C12H15NO4S. The summed E-state index contributed by atoms with van der Waals surface area (Å²) in [5.41, 5.74) is 1.33. The first-order chi connectivity index (χ1) is 8.53. The Morgan fingerprint density at radius 2 is 2.17 bits per heavy atom. The molecule has 0 aliphatic carbocycles. The van der Waals surface area contributed by atoms with Crippen LogP contribution in [0.4, 0.5) is 5.69 Å². The Hall–Kier alpha value is -1.40. The highest BCUT2D eigenvalue weighted by Gasteiger charge is 2.23. The summed E-state index contributed by atoms with van der Waals surface area (Å²) in [4.78, 5) is 11.7. The van der Waals surface area contributed by atoms with Crippen LogP contribution in [0.2, 0.25) is 0 Å². The minimum absolute atomic E-state index is 0.0371. The summed E-state index contributed by atoms with van der Waals surface area (Å²) in [7, 11) is -3.15. The Morgan fingerprint density at radius 3 is 2.89 bits per heavy atom. The third-order valence-electron chi connectivity index (χ3n) is 2.88. The molecule has 2 rings (SSSR count). The molecule has 0 atom stereocenters. The lowest BCUT2D eigenvalue weighted by atomic mass is 10.1. The molecule has 0 bridgehead atoms. The summed E-state index contributed by atoms with van der Waals surface area (Å²) in [6, 6.07) is 4.82. The summed E-state index contributed by atoms with van der Waals surface area (Å²) in [5, 5.41) is 11.3. The van der Waals surface area contributed by atoms with E-state index in [-0.39, 0.29) is 24.7 Å². The Bertz CT molecular complexity index is 565. The molecule has 1 aromatic rings. The van der Waals surface area contributed by atoms with Gasteiger partial charge in [-0.15, -0.1) is 0 Å². The lowest BCUT2D eigenvalue weighted by Gasteiger charge is -2.17. The zero-order valence-corrected chi connectivity index (χ0v) is 10.7. The van der Waals surface area contributed by atoms with Gasteiger partial charge in [0, 0.05) is 5.69 Å². The molecule has 0 aromatic heterocycles. The zero-order chi connectivity index (χ0) is 13.2. The van der Waals surface area contributed by atoms with E-state index in [9.17, 15) is 13.2 Å². The van der Waals surface area contributed by atoms with Crippen molar-refractivity contribution in [3.63, 3.8) is 0 Å².